The predicted octanol–water partition coefficient (Wildman–Crippen LogP) is 3.39. The van der Waals surface area contributed by atoms with Crippen molar-refractivity contribution < 1.29 is 19.1 Å². The number of hydrogen-bond acceptors (Lipinski definition) is 6. The van der Waals surface area contributed by atoms with E-state index in [9.17, 15) is 9.59 Å². The van der Waals surface area contributed by atoms with E-state index in [1.54, 1.807) is 0 Å². The summed E-state index contributed by atoms with van der Waals surface area (Å²) in [6.45, 7) is 1.89. The summed E-state index contributed by atoms with van der Waals surface area (Å²) < 4.78 is 10.8. The van der Waals surface area contributed by atoms with Crippen LogP contribution in [0.1, 0.15) is 89.9 Å². The Bertz CT molecular complexity index is 367. The maximum Gasteiger partial charge on any atom is 0.307 e. The molecule has 26 heavy (non-hydrogen) atoms. The highest BCUT2D eigenvalue weighted by molar-refractivity contribution is 5.69. The van der Waals surface area contributed by atoms with Gasteiger partial charge < -0.3 is 9.47 Å². The van der Waals surface area contributed by atoms with Gasteiger partial charge in [0.1, 0.15) is 0 Å². The van der Waals surface area contributed by atoms with Gasteiger partial charge in [0.25, 0.3) is 0 Å². The molecule has 150 valence electrons. The van der Waals surface area contributed by atoms with E-state index in [0.29, 0.717) is 12.8 Å². The van der Waals surface area contributed by atoms with Crippen molar-refractivity contribution >= 4 is 11.9 Å². The third-order valence-electron chi connectivity index (χ3n) is 5.09. The fraction of sp³-hybridized carbons (Fsp3) is 0.900. The van der Waals surface area contributed by atoms with Gasteiger partial charge in [-0.05, 0) is 64.5 Å². The molecule has 2 aliphatic rings. The number of piperidine rings is 2. The van der Waals surface area contributed by atoms with Crippen LogP contribution in [-0.4, -0.2) is 37.5 Å². The maximum atomic E-state index is 11.8. The second kappa shape index (κ2) is 13.1. The summed E-state index contributed by atoms with van der Waals surface area (Å²) in [6, 6.07) is 0. The van der Waals surface area contributed by atoms with Crippen molar-refractivity contribution in [3.05, 3.63) is 0 Å². The van der Waals surface area contributed by atoms with Gasteiger partial charge in [0.05, 0.1) is 0 Å². The first-order chi connectivity index (χ1) is 12.7. The Morgan fingerprint density at radius 2 is 1.08 bits per heavy atom. The Morgan fingerprint density at radius 1 is 0.654 bits per heavy atom. The molecule has 0 aromatic heterocycles. The first kappa shape index (κ1) is 21.2. The van der Waals surface area contributed by atoms with Gasteiger partial charge in [0.15, 0.2) is 12.5 Å². The Morgan fingerprint density at radius 3 is 1.46 bits per heavy atom. The van der Waals surface area contributed by atoms with Gasteiger partial charge in [-0.2, -0.15) is 0 Å². The zero-order valence-corrected chi connectivity index (χ0v) is 16.1. The first-order valence-electron chi connectivity index (χ1n) is 10.6. The smallest absolute Gasteiger partial charge is 0.307 e. The number of esters is 2. The van der Waals surface area contributed by atoms with Crippen LogP contribution in [0.5, 0.6) is 0 Å². The monoisotopic (exact) mass is 368 g/mol. The molecule has 0 aromatic rings. The minimum Gasteiger partial charge on any atom is -0.447 e. The number of unbranched alkanes of at least 4 members (excludes halogenated alkanes) is 5. The summed E-state index contributed by atoms with van der Waals surface area (Å²) in [7, 11) is 0. The van der Waals surface area contributed by atoms with Crippen LogP contribution in [0.3, 0.4) is 0 Å². The summed E-state index contributed by atoms with van der Waals surface area (Å²) in [6.07, 6.45) is 13.4. The fourth-order valence-electron chi connectivity index (χ4n) is 3.52. The predicted molar refractivity (Wildman–Crippen MR) is 100 cm³/mol. The van der Waals surface area contributed by atoms with E-state index in [2.05, 4.69) is 10.6 Å². The van der Waals surface area contributed by atoms with Gasteiger partial charge in [0.2, 0.25) is 0 Å². The summed E-state index contributed by atoms with van der Waals surface area (Å²) in [5.74, 6) is -0.160. The molecular formula is C20H36N2O4. The number of nitrogens with one attached hydrogen (secondary N) is 2. The normalized spacial score (nSPS) is 23.4. The maximum absolute atomic E-state index is 11.8. The molecule has 2 aliphatic heterocycles. The van der Waals surface area contributed by atoms with Crippen molar-refractivity contribution in [2.45, 2.75) is 102 Å². The van der Waals surface area contributed by atoms with Gasteiger partial charge in [-0.1, -0.05) is 25.7 Å². The molecule has 0 saturated carbocycles. The second-order valence-electron chi connectivity index (χ2n) is 7.48. The Kier molecular flexibility index (Phi) is 10.7. The zero-order valence-electron chi connectivity index (χ0n) is 16.1. The molecule has 2 saturated heterocycles. The van der Waals surface area contributed by atoms with Crippen molar-refractivity contribution in [1.82, 2.24) is 10.6 Å². The summed E-state index contributed by atoms with van der Waals surface area (Å²) in [4.78, 5) is 23.5. The number of rotatable bonds is 11. The average molecular weight is 369 g/mol. The lowest BCUT2D eigenvalue weighted by Gasteiger charge is -2.23. The van der Waals surface area contributed by atoms with Crippen LogP contribution in [0.4, 0.5) is 0 Å². The van der Waals surface area contributed by atoms with Crippen LogP contribution in [0.15, 0.2) is 0 Å². The minimum absolute atomic E-state index is 0.0696. The highest BCUT2D eigenvalue weighted by atomic mass is 16.6. The molecule has 6 heteroatoms. The average Bonchev–Trinajstić information content (AvgIpc) is 2.65. The van der Waals surface area contributed by atoms with E-state index >= 15 is 0 Å². The van der Waals surface area contributed by atoms with Gasteiger partial charge >= 0.3 is 11.9 Å². The molecule has 0 aromatic carbocycles. The molecular weight excluding hydrogens is 332 g/mol. The third-order valence-corrected chi connectivity index (χ3v) is 5.09. The van der Waals surface area contributed by atoms with Crippen molar-refractivity contribution in [3.63, 3.8) is 0 Å². The van der Waals surface area contributed by atoms with Crippen LogP contribution in [0.2, 0.25) is 0 Å². The van der Waals surface area contributed by atoms with E-state index < -0.39 is 0 Å². The van der Waals surface area contributed by atoms with Crippen molar-refractivity contribution in [1.29, 1.82) is 0 Å². The fourth-order valence-corrected chi connectivity index (χ4v) is 3.52. The van der Waals surface area contributed by atoms with Crippen LogP contribution < -0.4 is 10.6 Å². The molecule has 2 atom stereocenters. The van der Waals surface area contributed by atoms with E-state index in [-0.39, 0.29) is 24.4 Å². The molecule has 0 bridgehead atoms. The number of carbonyl (C=O) groups is 2. The van der Waals surface area contributed by atoms with Crippen LogP contribution >= 0.6 is 0 Å². The Balaban J connectivity index is 1.36. The van der Waals surface area contributed by atoms with E-state index in [4.69, 9.17) is 9.47 Å². The number of ether oxygens (including phenoxy) is 2. The molecule has 0 amide bonds. The van der Waals surface area contributed by atoms with Gasteiger partial charge in [-0.3, -0.25) is 20.2 Å². The van der Waals surface area contributed by atoms with Gasteiger partial charge in [0, 0.05) is 12.8 Å². The topological polar surface area (TPSA) is 76.7 Å². The molecule has 0 radical (unpaired) electrons. The quantitative estimate of drug-likeness (QED) is 0.430. The standard InChI is InChI=1S/C20H36N2O4/c23-19(25-17-11-7-9-15-21-17)13-5-3-1-2-4-6-14-20(24)26-18-12-8-10-16-22-18/h17-18,21-22H,1-16H2. The zero-order chi connectivity index (χ0) is 18.5. The van der Waals surface area contributed by atoms with Gasteiger partial charge in [-0.15, -0.1) is 0 Å². The molecule has 2 fully saturated rings. The number of carbonyl (C=O) groups excluding carboxylic acids is 2. The SMILES string of the molecule is O=C(CCCCCCCCC(=O)OC1CCCCN1)OC1CCCCN1. The summed E-state index contributed by atoms with van der Waals surface area (Å²) >= 11 is 0. The van der Waals surface area contributed by atoms with Crippen molar-refractivity contribution in [2.75, 3.05) is 13.1 Å². The first-order valence-corrected chi connectivity index (χ1v) is 10.6. The van der Waals surface area contributed by atoms with Crippen molar-refractivity contribution in [3.8, 4) is 0 Å². The summed E-state index contributed by atoms with van der Waals surface area (Å²) in [5, 5.41) is 6.45. The summed E-state index contributed by atoms with van der Waals surface area (Å²) in [5.41, 5.74) is 0. The van der Waals surface area contributed by atoms with Crippen LogP contribution in [0, 0.1) is 0 Å². The molecule has 2 rings (SSSR count). The molecule has 0 spiro atoms. The highest BCUT2D eigenvalue weighted by Gasteiger charge is 2.17. The minimum atomic E-state index is -0.0801. The number of hydrogen-bond donors (Lipinski definition) is 2. The van der Waals surface area contributed by atoms with E-state index in [0.717, 1.165) is 77.3 Å². The Hall–Kier alpha value is -1.14. The molecule has 2 N–H and O–H groups in total. The van der Waals surface area contributed by atoms with Crippen LogP contribution in [0.25, 0.3) is 0 Å². The molecule has 2 unspecified atom stereocenters. The second-order valence-corrected chi connectivity index (χ2v) is 7.48. The van der Waals surface area contributed by atoms with E-state index in [1.165, 1.54) is 12.8 Å². The van der Waals surface area contributed by atoms with Gasteiger partial charge in [-0.25, -0.2) is 0 Å². The van der Waals surface area contributed by atoms with Crippen LogP contribution in [-0.2, 0) is 19.1 Å². The highest BCUT2D eigenvalue weighted by Crippen LogP contribution is 2.13. The Labute approximate surface area is 157 Å². The lowest BCUT2D eigenvalue weighted by molar-refractivity contribution is -0.153. The molecule has 2 heterocycles. The third kappa shape index (κ3) is 9.53. The van der Waals surface area contributed by atoms with E-state index in [1.807, 2.05) is 0 Å². The largest absolute Gasteiger partial charge is 0.447 e. The molecule has 0 aliphatic carbocycles. The molecule has 6 nitrogen and oxygen atoms in total. The van der Waals surface area contributed by atoms with Crippen molar-refractivity contribution in [2.24, 2.45) is 0 Å². The lowest BCUT2D eigenvalue weighted by Crippen LogP contribution is -2.37. The lowest BCUT2D eigenvalue weighted by atomic mass is 10.1.